The molecular weight excluding hydrogens is 324 g/mol. The van der Waals surface area contributed by atoms with E-state index in [1.165, 1.54) is 37.6 Å². The molecule has 1 saturated heterocycles. The van der Waals surface area contributed by atoms with Crippen LogP contribution in [0.15, 0.2) is 24.3 Å². The van der Waals surface area contributed by atoms with Crippen molar-refractivity contribution in [2.75, 3.05) is 44.9 Å². The maximum absolute atomic E-state index is 5.02. The summed E-state index contributed by atoms with van der Waals surface area (Å²) >= 11 is 0. The van der Waals surface area contributed by atoms with Crippen LogP contribution in [0.1, 0.15) is 32.1 Å². The summed E-state index contributed by atoms with van der Waals surface area (Å²) in [6.07, 6.45) is 6.86. The summed E-state index contributed by atoms with van der Waals surface area (Å²) < 4.78 is 2.44. The van der Waals surface area contributed by atoms with E-state index < -0.39 is 0 Å². The van der Waals surface area contributed by atoms with Gasteiger partial charge in [-0.1, -0.05) is 31.4 Å². The van der Waals surface area contributed by atoms with Crippen LogP contribution in [0, 0.1) is 0 Å². The molecule has 6 nitrogen and oxygen atoms in total. The Hall–Kier alpha value is -1.63. The van der Waals surface area contributed by atoms with Gasteiger partial charge < -0.3 is 4.90 Å². The van der Waals surface area contributed by atoms with E-state index in [0.29, 0.717) is 6.04 Å². The summed E-state index contributed by atoms with van der Waals surface area (Å²) in [4.78, 5) is 10.1. The SMILES string of the molecule is CN1CCN(N2CN(C3CCCCC3)Cn3c2nc2ccccc23)CC1. The van der Waals surface area contributed by atoms with Gasteiger partial charge in [0.2, 0.25) is 5.95 Å². The highest BCUT2D eigenvalue weighted by Crippen LogP contribution is 2.32. The quantitative estimate of drug-likeness (QED) is 0.827. The number of fused-ring (bicyclic) bond motifs is 3. The molecule has 0 atom stereocenters. The Kier molecular flexibility index (Phi) is 4.35. The number of aromatic nitrogens is 2. The van der Waals surface area contributed by atoms with Crippen molar-refractivity contribution in [1.82, 2.24) is 24.4 Å². The highest BCUT2D eigenvalue weighted by Gasteiger charge is 2.34. The van der Waals surface area contributed by atoms with Crippen molar-refractivity contribution in [3.05, 3.63) is 24.3 Å². The largest absolute Gasteiger partial charge is 0.304 e. The van der Waals surface area contributed by atoms with Crippen molar-refractivity contribution in [2.24, 2.45) is 0 Å². The Bertz CT molecular complexity index is 757. The smallest absolute Gasteiger partial charge is 0.223 e. The first-order valence-corrected chi connectivity index (χ1v) is 10.2. The maximum Gasteiger partial charge on any atom is 0.223 e. The van der Waals surface area contributed by atoms with Crippen LogP contribution in [-0.4, -0.2) is 70.3 Å². The van der Waals surface area contributed by atoms with Gasteiger partial charge >= 0.3 is 0 Å². The molecule has 0 N–H and O–H groups in total. The van der Waals surface area contributed by atoms with E-state index in [0.717, 1.165) is 51.0 Å². The van der Waals surface area contributed by atoms with Crippen LogP contribution < -0.4 is 5.01 Å². The Morgan fingerprint density at radius 3 is 2.50 bits per heavy atom. The van der Waals surface area contributed by atoms with Gasteiger partial charge in [-0.05, 0) is 32.0 Å². The minimum absolute atomic E-state index is 0.716. The molecule has 2 fully saturated rings. The van der Waals surface area contributed by atoms with Crippen LogP contribution in [0.4, 0.5) is 5.95 Å². The van der Waals surface area contributed by atoms with Crippen LogP contribution in [0.2, 0.25) is 0 Å². The van der Waals surface area contributed by atoms with Crippen LogP contribution in [0.5, 0.6) is 0 Å². The van der Waals surface area contributed by atoms with Crippen LogP contribution in [0.3, 0.4) is 0 Å². The van der Waals surface area contributed by atoms with Crippen molar-refractivity contribution in [3.8, 4) is 0 Å². The predicted octanol–water partition coefficient (Wildman–Crippen LogP) is 2.57. The number of rotatable bonds is 2. The van der Waals surface area contributed by atoms with Crippen molar-refractivity contribution in [2.45, 2.75) is 44.8 Å². The summed E-state index contributed by atoms with van der Waals surface area (Å²) in [5.74, 6) is 1.13. The standard InChI is InChI=1S/C20H30N6/c1-22-11-13-24(14-12-22)26-16-23(17-7-3-2-4-8-17)15-25-19-10-6-5-9-18(19)21-20(25)26/h5-6,9-10,17H,2-4,7-8,11-16H2,1H3. The number of hydrogen-bond donors (Lipinski definition) is 0. The van der Waals surface area contributed by atoms with Crippen LogP contribution in [-0.2, 0) is 6.67 Å². The fraction of sp³-hybridized carbons (Fsp3) is 0.650. The zero-order chi connectivity index (χ0) is 17.5. The molecule has 0 radical (unpaired) electrons. The molecule has 26 heavy (non-hydrogen) atoms. The number of anilines is 1. The zero-order valence-electron chi connectivity index (χ0n) is 15.8. The molecule has 1 aliphatic carbocycles. The van der Waals surface area contributed by atoms with Gasteiger partial charge in [0.15, 0.2) is 0 Å². The number of likely N-dealkylation sites (N-methyl/N-ethyl adjacent to an activating group) is 1. The highest BCUT2D eigenvalue weighted by molar-refractivity contribution is 5.78. The molecule has 0 spiro atoms. The zero-order valence-corrected chi connectivity index (χ0v) is 15.8. The number of piperazine rings is 1. The molecular formula is C20H30N6. The lowest BCUT2D eigenvalue weighted by molar-refractivity contribution is 0.0549. The lowest BCUT2D eigenvalue weighted by Crippen LogP contribution is -2.60. The molecule has 1 aromatic carbocycles. The third kappa shape index (κ3) is 2.90. The average Bonchev–Trinajstić information content (AvgIpc) is 3.07. The normalized spacial score (nSPS) is 24.3. The molecule has 1 saturated carbocycles. The first-order chi connectivity index (χ1) is 12.8. The van der Waals surface area contributed by atoms with Gasteiger partial charge in [0.1, 0.15) is 0 Å². The maximum atomic E-state index is 5.02. The third-order valence-electron chi connectivity index (χ3n) is 6.42. The Balaban J connectivity index is 1.50. The number of hydrogen-bond acceptors (Lipinski definition) is 5. The average molecular weight is 355 g/mol. The fourth-order valence-electron chi connectivity index (χ4n) is 4.79. The summed E-state index contributed by atoms with van der Waals surface area (Å²) in [6, 6.07) is 9.32. The van der Waals surface area contributed by atoms with Gasteiger partial charge in [0.25, 0.3) is 0 Å². The second-order valence-electron chi connectivity index (χ2n) is 8.15. The third-order valence-corrected chi connectivity index (χ3v) is 6.42. The first kappa shape index (κ1) is 16.5. The molecule has 5 rings (SSSR count). The molecule has 0 bridgehead atoms. The minimum atomic E-state index is 0.716. The van der Waals surface area contributed by atoms with Crippen molar-refractivity contribution >= 4 is 17.0 Å². The monoisotopic (exact) mass is 354 g/mol. The van der Waals surface area contributed by atoms with Crippen molar-refractivity contribution in [3.63, 3.8) is 0 Å². The van der Waals surface area contributed by atoms with E-state index in [9.17, 15) is 0 Å². The van der Waals surface area contributed by atoms with Gasteiger partial charge in [-0.25, -0.2) is 9.99 Å². The van der Waals surface area contributed by atoms with Crippen molar-refractivity contribution in [1.29, 1.82) is 0 Å². The predicted molar refractivity (Wildman–Crippen MR) is 105 cm³/mol. The lowest BCUT2D eigenvalue weighted by atomic mass is 9.94. The number of para-hydroxylation sites is 2. The molecule has 2 aliphatic heterocycles. The van der Waals surface area contributed by atoms with E-state index >= 15 is 0 Å². The molecule has 3 aliphatic rings. The second kappa shape index (κ2) is 6.83. The Morgan fingerprint density at radius 2 is 1.69 bits per heavy atom. The Labute approximate surface area is 155 Å². The number of hydrazine groups is 1. The van der Waals surface area contributed by atoms with Gasteiger partial charge in [0.05, 0.1) is 24.4 Å². The number of benzene rings is 1. The van der Waals surface area contributed by atoms with E-state index in [4.69, 9.17) is 4.98 Å². The van der Waals surface area contributed by atoms with Gasteiger partial charge in [-0.2, -0.15) is 0 Å². The topological polar surface area (TPSA) is 30.8 Å². The number of nitrogens with zero attached hydrogens (tertiary/aromatic N) is 6. The lowest BCUT2D eigenvalue weighted by Gasteiger charge is -2.47. The van der Waals surface area contributed by atoms with Crippen LogP contribution in [0.25, 0.3) is 11.0 Å². The summed E-state index contributed by atoms with van der Waals surface area (Å²) in [6.45, 7) is 6.37. The van der Waals surface area contributed by atoms with Crippen molar-refractivity contribution < 1.29 is 0 Å². The highest BCUT2D eigenvalue weighted by atomic mass is 15.7. The minimum Gasteiger partial charge on any atom is -0.304 e. The number of imidazole rings is 1. The van der Waals surface area contributed by atoms with E-state index in [1.807, 2.05) is 0 Å². The first-order valence-electron chi connectivity index (χ1n) is 10.2. The molecule has 140 valence electrons. The van der Waals surface area contributed by atoms with Gasteiger partial charge in [0, 0.05) is 32.2 Å². The molecule has 0 unspecified atom stereocenters. The van der Waals surface area contributed by atoms with E-state index in [2.05, 4.69) is 55.7 Å². The summed E-state index contributed by atoms with van der Waals surface area (Å²) in [7, 11) is 2.22. The second-order valence-corrected chi connectivity index (χ2v) is 8.15. The van der Waals surface area contributed by atoms with Gasteiger partial charge in [-0.15, -0.1) is 0 Å². The van der Waals surface area contributed by atoms with E-state index in [-0.39, 0.29) is 0 Å². The summed E-state index contributed by atoms with van der Waals surface area (Å²) in [5, 5.41) is 4.98. The van der Waals surface area contributed by atoms with Crippen LogP contribution >= 0.6 is 0 Å². The van der Waals surface area contributed by atoms with Gasteiger partial charge in [-0.3, -0.25) is 14.5 Å². The molecule has 3 heterocycles. The fourth-order valence-corrected chi connectivity index (χ4v) is 4.79. The summed E-state index contributed by atoms with van der Waals surface area (Å²) in [5.41, 5.74) is 2.38. The molecule has 1 aromatic heterocycles. The molecule has 2 aromatic rings. The molecule has 0 amide bonds. The Morgan fingerprint density at radius 1 is 0.923 bits per heavy atom. The molecule has 6 heteroatoms. The van der Waals surface area contributed by atoms with E-state index in [1.54, 1.807) is 0 Å².